The highest BCUT2D eigenvalue weighted by molar-refractivity contribution is 5.75. The highest BCUT2D eigenvalue weighted by atomic mass is 16.7. The Morgan fingerprint density at radius 1 is 0.870 bits per heavy atom. The minimum Gasteiger partial charge on any atom is -0.481 e. The molecule has 1 amide bonds. The fourth-order valence-electron chi connectivity index (χ4n) is 5.69. The molecule has 4 N–H and O–H groups in total. The molecular formula is C37H48N2O7. The van der Waals surface area contributed by atoms with E-state index in [9.17, 15) is 19.8 Å². The quantitative estimate of drug-likeness (QED) is 0.137. The van der Waals surface area contributed by atoms with Crippen LogP contribution in [0.1, 0.15) is 98.2 Å². The molecular weight excluding hydrogens is 584 g/mol. The van der Waals surface area contributed by atoms with Gasteiger partial charge in [0.1, 0.15) is 0 Å². The summed E-state index contributed by atoms with van der Waals surface area (Å²) >= 11 is 0. The van der Waals surface area contributed by atoms with Gasteiger partial charge in [-0.1, -0.05) is 91.7 Å². The summed E-state index contributed by atoms with van der Waals surface area (Å²) in [6.45, 7) is 3.01. The molecule has 0 aliphatic carbocycles. The number of aliphatic hydroxyl groups is 2. The Morgan fingerprint density at radius 3 is 2.15 bits per heavy atom. The lowest BCUT2D eigenvalue weighted by atomic mass is 9.98. The summed E-state index contributed by atoms with van der Waals surface area (Å²) in [6, 6.07) is 25.2. The molecule has 46 heavy (non-hydrogen) atoms. The van der Waals surface area contributed by atoms with Gasteiger partial charge in [-0.2, -0.15) is 0 Å². The maximum Gasteiger partial charge on any atom is 0.303 e. The van der Waals surface area contributed by atoms with Crippen molar-refractivity contribution in [1.82, 2.24) is 10.2 Å². The summed E-state index contributed by atoms with van der Waals surface area (Å²) in [5.41, 5.74) is 4.56. The van der Waals surface area contributed by atoms with Crippen LogP contribution < -0.4 is 5.32 Å². The molecule has 0 aromatic heterocycles. The lowest BCUT2D eigenvalue weighted by Gasteiger charge is -2.39. The SMILES string of the molecule is CC(C(O)c1ccccc1)N(C)CC1CC(c2ccc(CO)cc2)OC(c2ccc(CNC(=O)CCCCCCC(=O)O)cc2)O1. The van der Waals surface area contributed by atoms with Crippen molar-refractivity contribution in [3.63, 3.8) is 0 Å². The Balaban J connectivity index is 1.36. The molecule has 5 atom stereocenters. The average Bonchev–Trinajstić information content (AvgIpc) is 3.08. The summed E-state index contributed by atoms with van der Waals surface area (Å²) in [5, 5.41) is 32.2. The molecule has 4 rings (SSSR count). The number of nitrogens with zero attached hydrogens (tertiary/aromatic N) is 1. The average molecular weight is 633 g/mol. The zero-order valence-electron chi connectivity index (χ0n) is 26.9. The predicted octanol–water partition coefficient (Wildman–Crippen LogP) is 5.82. The van der Waals surface area contributed by atoms with E-state index < -0.39 is 18.4 Å². The van der Waals surface area contributed by atoms with E-state index in [2.05, 4.69) is 10.2 Å². The zero-order chi connectivity index (χ0) is 32.9. The lowest BCUT2D eigenvalue weighted by Crippen LogP contribution is -2.43. The van der Waals surface area contributed by atoms with Gasteiger partial charge in [-0.15, -0.1) is 0 Å². The monoisotopic (exact) mass is 632 g/mol. The highest BCUT2D eigenvalue weighted by Gasteiger charge is 2.34. The molecule has 1 fully saturated rings. The van der Waals surface area contributed by atoms with Crippen molar-refractivity contribution in [3.8, 4) is 0 Å². The largest absolute Gasteiger partial charge is 0.481 e. The van der Waals surface area contributed by atoms with Crippen molar-refractivity contribution in [2.45, 2.75) is 95.7 Å². The first-order chi connectivity index (χ1) is 22.2. The van der Waals surface area contributed by atoms with Gasteiger partial charge in [-0.3, -0.25) is 14.5 Å². The molecule has 0 spiro atoms. The number of aliphatic carboxylic acids is 1. The van der Waals surface area contributed by atoms with Gasteiger partial charge in [0, 0.05) is 44.0 Å². The fourth-order valence-corrected chi connectivity index (χ4v) is 5.69. The number of rotatable bonds is 17. The van der Waals surface area contributed by atoms with Crippen LogP contribution in [0.15, 0.2) is 78.9 Å². The Labute approximate surface area is 272 Å². The van der Waals surface area contributed by atoms with Crippen molar-refractivity contribution in [2.24, 2.45) is 0 Å². The van der Waals surface area contributed by atoms with Gasteiger partial charge in [0.05, 0.1) is 24.9 Å². The molecule has 1 aliphatic rings. The van der Waals surface area contributed by atoms with E-state index in [1.54, 1.807) is 0 Å². The first-order valence-electron chi connectivity index (χ1n) is 16.2. The molecule has 3 aromatic rings. The van der Waals surface area contributed by atoms with E-state index in [1.165, 1.54) is 0 Å². The molecule has 248 valence electrons. The minimum atomic E-state index is -0.781. The summed E-state index contributed by atoms with van der Waals surface area (Å²) in [7, 11) is 2.00. The maximum absolute atomic E-state index is 12.3. The number of carbonyl (C=O) groups excluding carboxylic acids is 1. The first-order valence-corrected chi connectivity index (χ1v) is 16.2. The number of benzene rings is 3. The summed E-state index contributed by atoms with van der Waals surface area (Å²) in [6.07, 6.45) is 2.64. The van der Waals surface area contributed by atoms with E-state index in [1.807, 2.05) is 92.8 Å². The van der Waals surface area contributed by atoms with Crippen molar-refractivity contribution in [2.75, 3.05) is 13.6 Å². The van der Waals surface area contributed by atoms with Crippen molar-refractivity contribution in [3.05, 3.63) is 107 Å². The topological polar surface area (TPSA) is 129 Å². The van der Waals surface area contributed by atoms with Gasteiger partial charge in [-0.05, 0) is 49.1 Å². The van der Waals surface area contributed by atoms with Crippen molar-refractivity contribution in [1.29, 1.82) is 0 Å². The zero-order valence-corrected chi connectivity index (χ0v) is 26.9. The summed E-state index contributed by atoms with van der Waals surface area (Å²) in [4.78, 5) is 25.0. The Bertz CT molecular complexity index is 1350. The molecule has 5 unspecified atom stereocenters. The number of unbranched alkanes of at least 4 members (excludes halogenated alkanes) is 3. The fraction of sp³-hybridized carbons (Fsp3) is 0.459. The normalized spacial score (nSPS) is 19.5. The molecule has 1 heterocycles. The molecule has 3 aromatic carbocycles. The second-order valence-corrected chi connectivity index (χ2v) is 12.2. The van der Waals surface area contributed by atoms with Gasteiger partial charge in [0.25, 0.3) is 0 Å². The second kappa shape index (κ2) is 17.9. The van der Waals surface area contributed by atoms with E-state index in [0.717, 1.165) is 47.1 Å². The van der Waals surface area contributed by atoms with Crippen LogP contribution in [0.25, 0.3) is 0 Å². The standard InChI is InChI=1S/C37H48N2O7/c1-26(36(44)30-10-6-5-7-11-30)39(2)24-32-22-33(29-18-16-28(25-40)17-19-29)46-37(45-32)31-20-14-27(15-21-31)23-38-34(41)12-8-3-4-9-13-35(42)43/h5-7,10-11,14-21,26,32-33,36-37,40,44H,3-4,8-9,12-13,22-25H2,1-2H3,(H,38,41)(H,42,43). The Kier molecular flexibility index (Phi) is 13.7. The lowest BCUT2D eigenvalue weighted by molar-refractivity contribution is -0.253. The third kappa shape index (κ3) is 10.7. The van der Waals surface area contributed by atoms with Gasteiger partial charge in [-0.25, -0.2) is 0 Å². The number of carboxylic acids is 1. The van der Waals surface area contributed by atoms with Gasteiger partial charge in [0.15, 0.2) is 6.29 Å². The van der Waals surface area contributed by atoms with Crippen LogP contribution >= 0.6 is 0 Å². The number of amides is 1. The van der Waals surface area contributed by atoms with Crippen LogP contribution in [0.3, 0.4) is 0 Å². The van der Waals surface area contributed by atoms with Crippen molar-refractivity contribution < 1.29 is 34.4 Å². The number of hydrogen-bond acceptors (Lipinski definition) is 7. The van der Waals surface area contributed by atoms with Crippen molar-refractivity contribution >= 4 is 11.9 Å². The molecule has 1 aliphatic heterocycles. The Morgan fingerprint density at radius 2 is 1.50 bits per heavy atom. The van der Waals surface area contributed by atoms with E-state index in [4.69, 9.17) is 14.6 Å². The number of carbonyl (C=O) groups is 2. The number of hydrogen-bond donors (Lipinski definition) is 4. The summed E-state index contributed by atoms with van der Waals surface area (Å²) in [5.74, 6) is -0.800. The minimum absolute atomic E-state index is 0.0186. The smallest absolute Gasteiger partial charge is 0.303 e. The van der Waals surface area contributed by atoms with E-state index in [0.29, 0.717) is 32.4 Å². The molecule has 1 saturated heterocycles. The molecule has 9 heteroatoms. The van der Waals surface area contributed by atoms with Gasteiger partial charge < -0.3 is 30.1 Å². The second-order valence-electron chi connectivity index (χ2n) is 12.2. The first kappa shape index (κ1) is 35.3. The van der Waals surface area contributed by atoms with E-state index in [-0.39, 0.29) is 37.2 Å². The third-order valence-corrected chi connectivity index (χ3v) is 8.69. The maximum atomic E-state index is 12.3. The Hall–Kier alpha value is -3.60. The number of aliphatic hydroxyl groups excluding tert-OH is 2. The van der Waals surface area contributed by atoms with Crippen LogP contribution in [0, 0.1) is 0 Å². The molecule has 0 bridgehead atoms. The third-order valence-electron chi connectivity index (χ3n) is 8.69. The van der Waals surface area contributed by atoms with Crippen LogP contribution in [0.4, 0.5) is 0 Å². The van der Waals surface area contributed by atoms with Gasteiger partial charge >= 0.3 is 5.97 Å². The number of nitrogens with one attached hydrogen (secondary N) is 1. The van der Waals surface area contributed by atoms with Crippen LogP contribution in [0.2, 0.25) is 0 Å². The summed E-state index contributed by atoms with van der Waals surface area (Å²) < 4.78 is 13.0. The van der Waals surface area contributed by atoms with Crippen LogP contribution in [-0.2, 0) is 32.2 Å². The van der Waals surface area contributed by atoms with Crippen LogP contribution in [-0.4, -0.2) is 57.8 Å². The number of ether oxygens (including phenoxy) is 2. The van der Waals surface area contributed by atoms with Crippen LogP contribution in [0.5, 0.6) is 0 Å². The number of carboxylic acid groups (broad SMARTS) is 1. The molecule has 0 saturated carbocycles. The predicted molar refractivity (Wildman–Crippen MR) is 176 cm³/mol. The molecule has 0 radical (unpaired) electrons. The highest BCUT2D eigenvalue weighted by Crippen LogP contribution is 2.38. The number of likely N-dealkylation sites (N-methyl/N-ethyl adjacent to an activating group) is 1. The van der Waals surface area contributed by atoms with E-state index >= 15 is 0 Å². The molecule has 9 nitrogen and oxygen atoms in total. The van der Waals surface area contributed by atoms with Gasteiger partial charge in [0.2, 0.25) is 5.91 Å².